The Bertz CT molecular complexity index is 841. The minimum Gasteiger partial charge on any atom is -0.505 e. The van der Waals surface area contributed by atoms with Gasteiger partial charge in [-0.25, -0.2) is 4.39 Å². The van der Waals surface area contributed by atoms with Crippen LogP contribution < -0.4 is 10.2 Å². The van der Waals surface area contributed by atoms with E-state index in [9.17, 15) is 14.3 Å². The molecular formula is C17H22FIN6O2. The molecule has 1 aliphatic heterocycles. The number of aliphatic imine (C=N–C) groups is 1. The number of benzene rings is 1. The lowest BCUT2D eigenvalue weighted by molar-refractivity contribution is -0.120. The van der Waals surface area contributed by atoms with E-state index in [1.54, 1.807) is 35.1 Å². The molecule has 0 unspecified atom stereocenters. The van der Waals surface area contributed by atoms with Crippen LogP contribution in [0.4, 0.5) is 10.1 Å². The van der Waals surface area contributed by atoms with Crippen molar-refractivity contribution in [1.82, 2.24) is 20.0 Å². The van der Waals surface area contributed by atoms with Crippen molar-refractivity contribution < 1.29 is 14.3 Å². The molecule has 8 nitrogen and oxygen atoms in total. The molecule has 2 N–H and O–H groups in total. The maximum atomic E-state index is 13.4. The normalized spacial score (nSPS) is 14.9. The average molecular weight is 488 g/mol. The van der Waals surface area contributed by atoms with Crippen LogP contribution in [-0.2, 0) is 18.4 Å². The van der Waals surface area contributed by atoms with Gasteiger partial charge < -0.3 is 20.2 Å². The van der Waals surface area contributed by atoms with Crippen LogP contribution >= 0.6 is 24.0 Å². The number of carbonyl (C=O) groups is 1. The number of aryl methyl sites for hydroxylation is 1. The van der Waals surface area contributed by atoms with Crippen molar-refractivity contribution in [2.45, 2.75) is 6.54 Å². The summed E-state index contributed by atoms with van der Waals surface area (Å²) in [6, 6.07) is 4.20. The first-order valence-corrected chi connectivity index (χ1v) is 8.20. The number of nitrogens with one attached hydrogen (secondary N) is 1. The average Bonchev–Trinajstić information content (AvgIpc) is 3.04. The lowest BCUT2D eigenvalue weighted by Crippen LogP contribution is -2.55. The van der Waals surface area contributed by atoms with Crippen molar-refractivity contribution in [3.05, 3.63) is 42.0 Å². The zero-order chi connectivity index (χ0) is 18.7. The van der Waals surface area contributed by atoms with Crippen molar-refractivity contribution in [1.29, 1.82) is 0 Å². The second-order valence-electron chi connectivity index (χ2n) is 6.03. The number of hydrogen-bond donors (Lipinski definition) is 2. The van der Waals surface area contributed by atoms with Gasteiger partial charge in [-0.05, 0) is 17.7 Å². The zero-order valence-electron chi connectivity index (χ0n) is 15.1. The molecule has 27 heavy (non-hydrogen) atoms. The minimum atomic E-state index is -0.667. The van der Waals surface area contributed by atoms with Gasteiger partial charge in [0.15, 0.2) is 17.5 Å². The van der Waals surface area contributed by atoms with Crippen molar-refractivity contribution in [3.8, 4) is 5.75 Å². The Morgan fingerprint density at radius 2 is 2.19 bits per heavy atom. The van der Waals surface area contributed by atoms with E-state index in [1.165, 1.54) is 12.1 Å². The lowest BCUT2D eigenvalue weighted by Gasteiger charge is -2.35. The molecule has 2 aromatic rings. The third-order valence-corrected chi connectivity index (χ3v) is 4.20. The van der Waals surface area contributed by atoms with E-state index in [0.29, 0.717) is 31.2 Å². The van der Waals surface area contributed by atoms with Gasteiger partial charge in [-0.1, -0.05) is 6.07 Å². The molecule has 0 aliphatic carbocycles. The van der Waals surface area contributed by atoms with Crippen LogP contribution in [0.15, 0.2) is 35.6 Å². The fourth-order valence-electron chi connectivity index (χ4n) is 2.85. The standard InChI is InChI=1S/C17H21FN6O2.HI/c1-19-17(20-8-12-3-4-15(25)14(18)7-12)23-5-6-24(16(26)11-23)13-9-21-22(2)10-13;/h3-4,7,9-10,25H,5-6,8,11H2,1-2H3,(H,19,20);1H. The summed E-state index contributed by atoms with van der Waals surface area (Å²) >= 11 is 0. The van der Waals surface area contributed by atoms with E-state index >= 15 is 0 Å². The SMILES string of the molecule is CN=C(NCc1ccc(O)c(F)c1)N1CCN(c2cnn(C)c2)C(=O)C1.I. The molecule has 1 aromatic heterocycles. The Hall–Kier alpha value is -2.37. The van der Waals surface area contributed by atoms with Gasteiger partial charge in [0.1, 0.15) is 6.54 Å². The van der Waals surface area contributed by atoms with Gasteiger partial charge in [-0.15, -0.1) is 24.0 Å². The molecule has 1 aromatic carbocycles. The molecule has 0 saturated carbocycles. The van der Waals surface area contributed by atoms with Gasteiger partial charge in [0.2, 0.25) is 5.91 Å². The molecule has 1 aliphatic rings. The van der Waals surface area contributed by atoms with Crippen LogP contribution in [0.5, 0.6) is 5.75 Å². The number of aromatic hydroxyl groups is 1. The molecule has 10 heteroatoms. The van der Waals surface area contributed by atoms with E-state index in [4.69, 9.17) is 0 Å². The molecule has 0 spiro atoms. The fourth-order valence-corrected chi connectivity index (χ4v) is 2.85. The summed E-state index contributed by atoms with van der Waals surface area (Å²) in [6.07, 6.45) is 3.47. The van der Waals surface area contributed by atoms with Gasteiger partial charge in [-0.3, -0.25) is 14.5 Å². The Balaban J connectivity index is 0.00000261. The maximum Gasteiger partial charge on any atom is 0.246 e. The van der Waals surface area contributed by atoms with Gasteiger partial charge in [0.25, 0.3) is 0 Å². The maximum absolute atomic E-state index is 13.4. The summed E-state index contributed by atoms with van der Waals surface area (Å²) in [5, 5.41) is 16.5. The molecule has 1 saturated heterocycles. The topological polar surface area (TPSA) is 86.0 Å². The third-order valence-electron chi connectivity index (χ3n) is 4.20. The summed E-state index contributed by atoms with van der Waals surface area (Å²) in [5.41, 5.74) is 1.45. The van der Waals surface area contributed by atoms with Crippen LogP contribution in [0, 0.1) is 5.82 Å². The van der Waals surface area contributed by atoms with Crippen LogP contribution in [0.2, 0.25) is 0 Å². The number of hydrogen-bond acceptors (Lipinski definition) is 4. The highest BCUT2D eigenvalue weighted by molar-refractivity contribution is 14.0. The second kappa shape index (κ2) is 9.02. The number of rotatable bonds is 3. The van der Waals surface area contributed by atoms with E-state index in [1.807, 2.05) is 11.9 Å². The van der Waals surface area contributed by atoms with Gasteiger partial charge in [0, 0.05) is 39.9 Å². The van der Waals surface area contributed by atoms with E-state index < -0.39 is 5.82 Å². The Morgan fingerprint density at radius 3 is 2.78 bits per heavy atom. The molecular weight excluding hydrogens is 466 g/mol. The molecule has 1 amide bonds. The predicted molar refractivity (Wildman–Crippen MR) is 111 cm³/mol. The summed E-state index contributed by atoms with van der Waals surface area (Å²) in [6.45, 7) is 1.67. The number of phenolic OH excluding ortho intramolecular Hbond substituents is 1. The molecule has 0 radical (unpaired) electrons. The number of amides is 1. The number of aromatic nitrogens is 2. The number of carbonyl (C=O) groups excluding carboxylic acids is 1. The van der Waals surface area contributed by atoms with Crippen molar-refractivity contribution in [2.75, 3.05) is 31.6 Å². The predicted octanol–water partition coefficient (Wildman–Crippen LogP) is 1.31. The van der Waals surface area contributed by atoms with E-state index in [-0.39, 0.29) is 42.2 Å². The number of piperazine rings is 1. The molecule has 0 bridgehead atoms. The highest BCUT2D eigenvalue weighted by Gasteiger charge is 2.27. The van der Waals surface area contributed by atoms with E-state index in [2.05, 4.69) is 15.4 Å². The first-order chi connectivity index (χ1) is 12.5. The van der Waals surface area contributed by atoms with Gasteiger partial charge in [0.05, 0.1) is 11.9 Å². The van der Waals surface area contributed by atoms with Gasteiger partial charge in [-0.2, -0.15) is 5.10 Å². The van der Waals surface area contributed by atoms with E-state index in [0.717, 1.165) is 5.69 Å². The van der Waals surface area contributed by atoms with Gasteiger partial charge >= 0.3 is 0 Å². The van der Waals surface area contributed by atoms with Crippen LogP contribution in [-0.4, -0.2) is 58.3 Å². The highest BCUT2D eigenvalue weighted by Crippen LogP contribution is 2.17. The number of halogens is 2. The lowest BCUT2D eigenvalue weighted by atomic mass is 10.2. The quantitative estimate of drug-likeness (QED) is 0.387. The van der Waals surface area contributed by atoms with Crippen molar-refractivity contribution >= 4 is 41.5 Å². The monoisotopic (exact) mass is 488 g/mol. The highest BCUT2D eigenvalue weighted by atomic mass is 127. The van der Waals surface area contributed by atoms with Crippen molar-refractivity contribution in [2.24, 2.45) is 12.0 Å². The Morgan fingerprint density at radius 1 is 1.41 bits per heavy atom. The summed E-state index contributed by atoms with van der Waals surface area (Å²) in [4.78, 5) is 20.2. The summed E-state index contributed by atoms with van der Waals surface area (Å²) < 4.78 is 15.1. The zero-order valence-corrected chi connectivity index (χ0v) is 17.4. The molecule has 2 heterocycles. The van der Waals surface area contributed by atoms with Crippen LogP contribution in [0.25, 0.3) is 0 Å². The molecule has 146 valence electrons. The largest absolute Gasteiger partial charge is 0.505 e. The fraction of sp³-hybridized carbons (Fsp3) is 0.353. The summed E-state index contributed by atoms with van der Waals surface area (Å²) in [5.74, 6) is -0.518. The smallest absolute Gasteiger partial charge is 0.246 e. The second-order valence-corrected chi connectivity index (χ2v) is 6.03. The number of nitrogens with zero attached hydrogens (tertiary/aromatic N) is 5. The van der Waals surface area contributed by atoms with Crippen LogP contribution in [0.3, 0.4) is 0 Å². The molecule has 1 fully saturated rings. The first-order valence-electron chi connectivity index (χ1n) is 8.20. The number of anilines is 1. The summed E-state index contributed by atoms with van der Waals surface area (Å²) in [7, 11) is 3.44. The Kier molecular flexibility index (Phi) is 6.99. The Labute approximate surface area is 173 Å². The molecule has 3 rings (SSSR count). The number of guanidine groups is 1. The number of phenols is 1. The first kappa shape index (κ1) is 20.9. The third kappa shape index (κ3) is 4.87. The molecule has 0 atom stereocenters. The van der Waals surface area contributed by atoms with Crippen LogP contribution in [0.1, 0.15) is 5.56 Å². The van der Waals surface area contributed by atoms with Crippen molar-refractivity contribution in [3.63, 3.8) is 0 Å². The minimum absolute atomic E-state index is 0.